The van der Waals surface area contributed by atoms with E-state index in [0.717, 1.165) is 17.7 Å². The second kappa shape index (κ2) is 13.6. The normalized spacial score (nSPS) is 12.6. The summed E-state index contributed by atoms with van der Waals surface area (Å²) in [4.78, 5) is 27.9. The molecule has 3 rings (SSSR count). The molecule has 226 valence electrons. The number of anilines is 1. The molecule has 0 unspecified atom stereocenters. The molecular formula is C30H33ClF3N3O4S. The number of benzene rings is 3. The average Bonchev–Trinajstić information content (AvgIpc) is 2.92. The third-order valence-corrected chi connectivity index (χ3v) is 8.47. The molecule has 0 spiro atoms. The number of alkyl halides is 3. The summed E-state index contributed by atoms with van der Waals surface area (Å²) in [7, 11) is -4.51. The van der Waals surface area contributed by atoms with Crippen LogP contribution in [0.4, 0.5) is 18.9 Å². The molecule has 0 heterocycles. The Kier molecular flexibility index (Phi) is 10.7. The van der Waals surface area contributed by atoms with E-state index in [1.54, 1.807) is 43.3 Å². The monoisotopic (exact) mass is 623 g/mol. The van der Waals surface area contributed by atoms with Crippen LogP contribution in [0.15, 0.2) is 77.7 Å². The van der Waals surface area contributed by atoms with E-state index in [0.29, 0.717) is 27.5 Å². The van der Waals surface area contributed by atoms with Crippen LogP contribution in [0.2, 0.25) is 5.02 Å². The number of hydrogen-bond donors (Lipinski definition) is 1. The van der Waals surface area contributed by atoms with Crippen LogP contribution in [0, 0.1) is 12.8 Å². The summed E-state index contributed by atoms with van der Waals surface area (Å²) in [6, 6.07) is 15.1. The maximum atomic E-state index is 13.9. The molecule has 2 amide bonds. The van der Waals surface area contributed by atoms with Crippen LogP contribution >= 0.6 is 11.6 Å². The van der Waals surface area contributed by atoms with Crippen LogP contribution in [0.1, 0.15) is 37.5 Å². The lowest BCUT2D eigenvalue weighted by Gasteiger charge is -2.32. The van der Waals surface area contributed by atoms with Gasteiger partial charge >= 0.3 is 6.18 Å². The van der Waals surface area contributed by atoms with Gasteiger partial charge in [0.05, 0.1) is 16.1 Å². The summed E-state index contributed by atoms with van der Waals surface area (Å²) < 4.78 is 69.0. The van der Waals surface area contributed by atoms with Gasteiger partial charge in [0.2, 0.25) is 11.8 Å². The summed E-state index contributed by atoms with van der Waals surface area (Å²) in [5, 5.41) is 3.16. The number of sulfonamides is 1. The van der Waals surface area contributed by atoms with E-state index in [1.165, 1.54) is 30.0 Å². The third kappa shape index (κ3) is 8.48. The first-order valence-electron chi connectivity index (χ1n) is 13.2. The number of nitrogens with zero attached hydrogens (tertiary/aromatic N) is 2. The summed E-state index contributed by atoms with van der Waals surface area (Å²) >= 11 is 6.13. The van der Waals surface area contributed by atoms with E-state index in [9.17, 15) is 31.2 Å². The van der Waals surface area contributed by atoms with Crippen molar-refractivity contribution in [2.75, 3.05) is 17.4 Å². The van der Waals surface area contributed by atoms with Gasteiger partial charge in [0, 0.05) is 18.1 Å². The minimum absolute atomic E-state index is 0.101. The number of halogens is 4. The highest BCUT2D eigenvalue weighted by Crippen LogP contribution is 2.33. The Hall–Kier alpha value is -3.57. The van der Waals surface area contributed by atoms with Crippen molar-refractivity contribution < 1.29 is 31.2 Å². The zero-order chi connectivity index (χ0) is 31.2. The molecule has 12 heteroatoms. The van der Waals surface area contributed by atoms with Crippen molar-refractivity contribution in [3.63, 3.8) is 0 Å². The Morgan fingerprint density at radius 2 is 1.60 bits per heavy atom. The Labute approximate surface area is 249 Å². The maximum Gasteiger partial charge on any atom is 0.416 e. The minimum atomic E-state index is -4.75. The van der Waals surface area contributed by atoms with Gasteiger partial charge in [-0.2, -0.15) is 13.2 Å². The van der Waals surface area contributed by atoms with Crippen molar-refractivity contribution >= 4 is 39.1 Å². The Morgan fingerprint density at radius 1 is 0.952 bits per heavy atom. The van der Waals surface area contributed by atoms with E-state index in [-0.39, 0.29) is 23.0 Å². The lowest BCUT2D eigenvalue weighted by molar-refractivity contribution is -0.139. The molecule has 0 aliphatic carbocycles. The lowest BCUT2D eigenvalue weighted by Crippen LogP contribution is -2.51. The fourth-order valence-electron chi connectivity index (χ4n) is 4.07. The average molecular weight is 624 g/mol. The van der Waals surface area contributed by atoms with Gasteiger partial charge in [0.25, 0.3) is 10.0 Å². The van der Waals surface area contributed by atoms with E-state index < -0.39 is 46.2 Å². The number of nitrogens with one attached hydrogen (secondary N) is 1. The molecule has 3 aromatic carbocycles. The molecule has 0 aromatic heterocycles. The molecule has 1 atom stereocenters. The van der Waals surface area contributed by atoms with E-state index in [4.69, 9.17) is 11.6 Å². The van der Waals surface area contributed by atoms with Gasteiger partial charge in [-0.1, -0.05) is 61.3 Å². The van der Waals surface area contributed by atoms with Crippen LogP contribution in [0.3, 0.4) is 0 Å². The van der Waals surface area contributed by atoms with Crippen LogP contribution in [0.25, 0.3) is 0 Å². The molecule has 0 saturated heterocycles. The van der Waals surface area contributed by atoms with Crippen molar-refractivity contribution in [3.05, 3.63) is 94.5 Å². The number of hydrogen-bond acceptors (Lipinski definition) is 4. The summed E-state index contributed by atoms with van der Waals surface area (Å²) in [5.74, 6) is -1.13. The van der Waals surface area contributed by atoms with Crippen molar-refractivity contribution in [2.45, 2.75) is 51.4 Å². The Balaban J connectivity index is 2.08. The first-order chi connectivity index (χ1) is 19.6. The SMILES string of the molecule is Cc1ccc(S(=O)(=O)N(CC(=O)N(Cc2cccc(Cl)c2)[C@H](C)C(=O)NCC(C)C)c2cccc(C(F)(F)F)c2)cc1. The van der Waals surface area contributed by atoms with Gasteiger partial charge in [-0.3, -0.25) is 13.9 Å². The minimum Gasteiger partial charge on any atom is -0.354 e. The van der Waals surface area contributed by atoms with Crippen LogP contribution in [0.5, 0.6) is 0 Å². The molecule has 0 saturated carbocycles. The maximum absolute atomic E-state index is 13.9. The summed E-state index contributed by atoms with van der Waals surface area (Å²) in [6.45, 7) is 6.45. The van der Waals surface area contributed by atoms with Gasteiger partial charge in [0.1, 0.15) is 12.6 Å². The van der Waals surface area contributed by atoms with Gasteiger partial charge < -0.3 is 10.2 Å². The highest BCUT2D eigenvalue weighted by atomic mass is 35.5. The quantitative estimate of drug-likeness (QED) is 0.282. The number of carbonyl (C=O) groups is 2. The number of amides is 2. The predicted molar refractivity (Wildman–Crippen MR) is 156 cm³/mol. The van der Waals surface area contributed by atoms with Gasteiger partial charge in [-0.25, -0.2) is 8.42 Å². The Morgan fingerprint density at radius 3 is 2.19 bits per heavy atom. The first kappa shape index (κ1) is 32.9. The van der Waals surface area contributed by atoms with E-state index in [1.807, 2.05) is 13.8 Å². The standard InChI is InChI=1S/C30H33ClF3N3O4S/c1-20(2)17-35-29(39)22(4)36(18-23-7-5-9-25(31)15-23)28(38)19-37(26-10-6-8-24(16-26)30(32,33)34)42(40,41)27-13-11-21(3)12-14-27/h5-16,20,22H,17-19H2,1-4H3,(H,35,39)/t22-/m1/s1. The second-order valence-corrected chi connectivity index (χ2v) is 12.6. The topological polar surface area (TPSA) is 86.8 Å². The van der Waals surface area contributed by atoms with Crippen LogP contribution in [-0.4, -0.2) is 44.3 Å². The number of rotatable bonds is 11. The molecule has 3 aromatic rings. The molecule has 1 N–H and O–H groups in total. The lowest BCUT2D eigenvalue weighted by atomic mass is 10.1. The summed E-state index contributed by atoms with van der Waals surface area (Å²) in [6.07, 6.45) is -4.75. The first-order valence-corrected chi connectivity index (χ1v) is 15.0. The smallest absolute Gasteiger partial charge is 0.354 e. The van der Waals surface area contributed by atoms with Crippen molar-refractivity contribution in [1.82, 2.24) is 10.2 Å². The number of aryl methyl sites for hydroxylation is 1. The molecule has 0 radical (unpaired) electrons. The molecule has 42 heavy (non-hydrogen) atoms. The summed E-state index contributed by atoms with van der Waals surface area (Å²) in [5.41, 5.74) is -0.0805. The van der Waals surface area contributed by atoms with Crippen LogP contribution in [-0.2, 0) is 32.3 Å². The molecule has 7 nitrogen and oxygen atoms in total. The molecule has 0 fully saturated rings. The van der Waals surface area contributed by atoms with E-state index >= 15 is 0 Å². The zero-order valence-electron chi connectivity index (χ0n) is 23.7. The predicted octanol–water partition coefficient (Wildman–Crippen LogP) is 6.05. The second-order valence-electron chi connectivity index (χ2n) is 10.3. The van der Waals surface area contributed by atoms with Crippen molar-refractivity contribution in [2.24, 2.45) is 5.92 Å². The van der Waals surface area contributed by atoms with Crippen molar-refractivity contribution in [3.8, 4) is 0 Å². The molecule has 0 bridgehead atoms. The van der Waals surface area contributed by atoms with Gasteiger partial charge in [0.15, 0.2) is 0 Å². The Bertz CT molecular complexity index is 1510. The molecule has 0 aliphatic heterocycles. The molecular weight excluding hydrogens is 591 g/mol. The van der Waals surface area contributed by atoms with Gasteiger partial charge in [-0.15, -0.1) is 0 Å². The number of carbonyl (C=O) groups excluding carboxylic acids is 2. The highest BCUT2D eigenvalue weighted by molar-refractivity contribution is 7.92. The van der Waals surface area contributed by atoms with Gasteiger partial charge in [-0.05, 0) is 67.8 Å². The largest absolute Gasteiger partial charge is 0.416 e. The van der Waals surface area contributed by atoms with Crippen molar-refractivity contribution in [1.29, 1.82) is 0 Å². The fourth-order valence-corrected chi connectivity index (χ4v) is 5.69. The fraction of sp³-hybridized carbons (Fsp3) is 0.333. The zero-order valence-corrected chi connectivity index (χ0v) is 25.2. The van der Waals surface area contributed by atoms with Crippen LogP contribution < -0.4 is 9.62 Å². The van der Waals surface area contributed by atoms with E-state index in [2.05, 4.69) is 5.32 Å². The highest BCUT2D eigenvalue weighted by Gasteiger charge is 2.35. The molecule has 0 aliphatic rings. The third-order valence-electron chi connectivity index (χ3n) is 6.44.